The van der Waals surface area contributed by atoms with Crippen LogP contribution in [0.5, 0.6) is 0 Å². The number of aliphatic hydroxyl groups is 1. The van der Waals surface area contributed by atoms with Gasteiger partial charge in [-0.15, -0.1) is 0 Å². The number of urea groups is 1. The smallest absolute Gasteiger partial charge is 0.319 e. The van der Waals surface area contributed by atoms with Crippen molar-refractivity contribution in [3.63, 3.8) is 0 Å². The van der Waals surface area contributed by atoms with Crippen LogP contribution in [-0.2, 0) is 6.42 Å². The van der Waals surface area contributed by atoms with Crippen LogP contribution in [0.15, 0.2) is 18.2 Å². The second kappa shape index (κ2) is 8.67. The highest BCUT2D eigenvalue weighted by atomic mass is 16.3. The third kappa shape index (κ3) is 5.06. The zero-order valence-corrected chi connectivity index (χ0v) is 13.7. The normalized spacial score (nSPS) is 15.0. The lowest BCUT2D eigenvalue weighted by Crippen LogP contribution is -2.33. The molecule has 5 nitrogen and oxygen atoms in total. The standard InChI is InChI=1S/C18H26N2O3/c1-2-4-13(9-10-21)12-19-18(23)20-15-8-7-14-5-3-6-17(22)16(14)11-15/h7-8,11,13,21H,2-6,9-10,12H2,1H3,(H2,19,20,23). The quantitative estimate of drug-likeness (QED) is 0.723. The monoisotopic (exact) mass is 318 g/mol. The number of benzene rings is 1. The Kier molecular flexibility index (Phi) is 6.59. The molecule has 0 aromatic heterocycles. The van der Waals surface area contributed by atoms with Gasteiger partial charge in [0.25, 0.3) is 0 Å². The van der Waals surface area contributed by atoms with Gasteiger partial charge in [-0.05, 0) is 49.3 Å². The lowest BCUT2D eigenvalue weighted by Gasteiger charge is -2.18. The van der Waals surface area contributed by atoms with Crippen molar-refractivity contribution >= 4 is 17.5 Å². The van der Waals surface area contributed by atoms with Gasteiger partial charge in [0.1, 0.15) is 0 Å². The first-order chi connectivity index (χ1) is 11.1. The summed E-state index contributed by atoms with van der Waals surface area (Å²) >= 11 is 0. The molecule has 1 aromatic carbocycles. The molecular formula is C18H26N2O3. The van der Waals surface area contributed by atoms with E-state index >= 15 is 0 Å². The van der Waals surface area contributed by atoms with Crippen molar-refractivity contribution in [1.29, 1.82) is 0 Å². The summed E-state index contributed by atoms with van der Waals surface area (Å²) in [5.74, 6) is 0.446. The zero-order valence-electron chi connectivity index (χ0n) is 13.7. The second-order valence-corrected chi connectivity index (χ2v) is 6.15. The fourth-order valence-electron chi connectivity index (χ4n) is 3.06. The molecule has 0 heterocycles. The minimum Gasteiger partial charge on any atom is -0.396 e. The number of carbonyl (C=O) groups is 2. The molecular weight excluding hydrogens is 292 g/mol. The maximum atomic E-state index is 12.0. The Hall–Kier alpha value is -1.88. The summed E-state index contributed by atoms with van der Waals surface area (Å²) in [5, 5.41) is 14.7. The van der Waals surface area contributed by atoms with Gasteiger partial charge >= 0.3 is 6.03 Å². The van der Waals surface area contributed by atoms with Crippen LogP contribution < -0.4 is 10.6 Å². The van der Waals surface area contributed by atoms with Crippen molar-refractivity contribution < 1.29 is 14.7 Å². The largest absolute Gasteiger partial charge is 0.396 e. The van der Waals surface area contributed by atoms with Crippen molar-refractivity contribution in [3.05, 3.63) is 29.3 Å². The van der Waals surface area contributed by atoms with Crippen LogP contribution in [0.4, 0.5) is 10.5 Å². The van der Waals surface area contributed by atoms with Crippen molar-refractivity contribution in [2.45, 2.75) is 45.4 Å². The fraction of sp³-hybridized carbons (Fsp3) is 0.556. The lowest BCUT2D eigenvalue weighted by molar-refractivity contribution is 0.0972. The SMILES string of the molecule is CCCC(CCO)CNC(=O)Nc1ccc2c(c1)C(=O)CCC2. The third-order valence-electron chi connectivity index (χ3n) is 4.30. The minimum atomic E-state index is -0.271. The van der Waals surface area contributed by atoms with Crippen molar-refractivity contribution in [3.8, 4) is 0 Å². The average Bonchev–Trinajstić information content (AvgIpc) is 2.54. The molecule has 0 saturated carbocycles. The number of aliphatic hydroxyl groups excluding tert-OH is 1. The first kappa shape index (κ1) is 17.5. The number of hydrogen-bond donors (Lipinski definition) is 3. The fourth-order valence-corrected chi connectivity index (χ4v) is 3.06. The average molecular weight is 318 g/mol. The second-order valence-electron chi connectivity index (χ2n) is 6.15. The molecule has 0 fully saturated rings. The molecule has 1 aromatic rings. The maximum absolute atomic E-state index is 12.0. The zero-order chi connectivity index (χ0) is 16.7. The Morgan fingerprint density at radius 2 is 2.13 bits per heavy atom. The predicted molar refractivity (Wildman–Crippen MR) is 90.8 cm³/mol. The number of amides is 2. The van der Waals surface area contributed by atoms with E-state index in [1.807, 2.05) is 12.1 Å². The molecule has 2 rings (SSSR count). The molecule has 1 atom stereocenters. The number of hydrogen-bond acceptors (Lipinski definition) is 3. The molecule has 2 amide bonds. The summed E-state index contributed by atoms with van der Waals surface area (Å²) in [5.41, 5.74) is 2.45. The Morgan fingerprint density at radius 1 is 1.30 bits per heavy atom. The Morgan fingerprint density at radius 3 is 2.87 bits per heavy atom. The summed E-state index contributed by atoms with van der Waals surface area (Å²) < 4.78 is 0. The summed E-state index contributed by atoms with van der Waals surface area (Å²) in [6.45, 7) is 2.78. The molecule has 1 unspecified atom stereocenters. The van der Waals surface area contributed by atoms with Crippen LogP contribution in [0, 0.1) is 5.92 Å². The summed E-state index contributed by atoms with van der Waals surface area (Å²) in [6, 6.07) is 5.27. The number of nitrogens with one attached hydrogen (secondary N) is 2. The Labute approximate surface area is 137 Å². The van der Waals surface area contributed by atoms with Crippen LogP contribution in [0.3, 0.4) is 0 Å². The minimum absolute atomic E-state index is 0.140. The molecule has 0 radical (unpaired) electrons. The van der Waals surface area contributed by atoms with Gasteiger partial charge in [-0.1, -0.05) is 19.4 Å². The molecule has 0 aliphatic heterocycles. The van der Waals surface area contributed by atoms with Gasteiger partial charge < -0.3 is 15.7 Å². The summed E-state index contributed by atoms with van der Waals surface area (Å²) in [6.07, 6.45) is 5.12. The molecule has 1 aliphatic rings. The summed E-state index contributed by atoms with van der Waals surface area (Å²) in [7, 11) is 0. The molecule has 0 spiro atoms. The van der Waals surface area contributed by atoms with Crippen LogP contribution in [0.1, 0.15) is 54.9 Å². The van der Waals surface area contributed by atoms with Gasteiger partial charge in [0.2, 0.25) is 0 Å². The van der Waals surface area contributed by atoms with Crippen LogP contribution in [0.2, 0.25) is 0 Å². The number of carbonyl (C=O) groups excluding carboxylic acids is 2. The van der Waals surface area contributed by atoms with Gasteiger partial charge in [-0.2, -0.15) is 0 Å². The number of rotatable bonds is 7. The predicted octanol–water partition coefficient (Wildman–Crippen LogP) is 3.13. The van der Waals surface area contributed by atoms with E-state index in [1.165, 1.54) is 0 Å². The molecule has 0 bridgehead atoms. The number of fused-ring (bicyclic) bond motifs is 1. The van der Waals surface area contributed by atoms with E-state index in [-0.39, 0.29) is 18.4 Å². The number of Topliss-reactive ketones (excluding diaryl/α,β-unsaturated/α-hetero) is 1. The molecule has 0 saturated heterocycles. The van der Waals surface area contributed by atoms with Gasteiger partial charge in [-0.25, -0.2) is 4.79 Å². The lowest BCUT2D eigenvalue weighted by atomic mass is 9.90. The first-order valence-electron chi connectivity index (χ1n) is 8.46. The molecule has 3 N–H and O–H groups in total. The molecule has 5 heteroatoms. The van der Waals surface area contributed by atoms with Crippen LogP contribution in [0.25, 0.3) is 0 Å². The third-order valence-corrected chi connectivity index (χ3v) is 4.30. The highest BCUT2D eigenvalue weighted by Gasteiger charge is 2.17. The summed E-state index contributed by atoms with van der Waals surface area (Å²) in [4.78, 5) is 23.9. The number of ketones is 1. The number of anilines is 1. The van der Waals surface area contributed by atoms with E-state index in [1.54, 1.807) is 6.07 Å². The van der Waals surface area contributed by atoms with Gasteiger partial charge in [-0.3, -0.25) is 4.79 Å². The van der Waals surface area contributed by atoms with E-state index < -0.39 is 0 Å². The van der Waals surface area contributed by atoms with Crippen molar-refractivity contribution in [2.75, 3.05) is 18.5 Å². The van der Waals surface area contributed by atoms with E-state index in [4.69, 9.17) is 5.11 Å². The Balaban J connectivity index is 1.90. The van der Waals surface area contributed by atoms with Crippen LogP contribution in [-0.4, -0.2) is 30.1 Å². The highest BCUT2D eigenvalue weighted by Crippen LogP contribution is 2.24. The van der Waals surface area contributed by atoms with E-state index in [0.29, 0.717) is 31.0 Å². The Bertz CT molecular complexity index is 551. The highest BCUT2D eigenvalue weighted by molar-refractivity contribution is 6.00. The number of aryl methyl sites for hydroxylation is 1. The first-order valence-corrected chi connectivity index (χ1v) is 8.46. The van der Waals surface area contributed by atoms with Crippen LogP contribution >= 0.6 is 0 Å². The van der Waals surface area contributed by atoms with Crippen molar-refractivity contribution in [2.24, 2.45) is 5.92 Å². The topological polar surface area (TPSA) is 78.4 Å². The van der Waals surface area contributed by atoms with Gasteiger partial charge in [0.05, 0.1) is 0 Å². The van der Waals surface area contributed by atoms with E-state index in [0.717, 1.165) is 36.8 Å². The molecule has 1 aliphatic carbocycles. The van der Waals surface area contributed by atoms with Crippen molar-refractivity contribution in [1.82, 2.24) is 5.32 Å². The molecule has 23 heavy (non-hydrogen) atoms. The van der Waals surface area contributed by atoms with E-state index in [9.17, 15) is 9.59 Å². The maximum Gasteiger partial charge on any atom is 0.319 e. The van der Waals surface area contributed by atoms with Gasteiger partial charge in [0, 0.05) is 30.8 Å². The molecule has 126 valence electrons. The van der Waals surface area contributed by atoms with Gasteiger partial charge in [0.15, 0.2) is 5.78 Å². The van der Waals surface area contributed by atoms with E-state index in [2.05, 4.69) is 17.6 Å².